The van der Waals surface area contributed by atoms with Crippen molar-refractivity contribution in [1.29, 1.82) is 0 Å². The van der Waals surface area contributed by atoms with E-state index in [0.29, 0.717) is 0 Å². The van der Waals surface area contributed by atoms with E-state index in [9.17, 15) is 5.11 Å². The van der Waals surface area contributed by atoms with E-state index in [1.807, 2.05) is 29.8 Å². The fourth-order valence-corrected chi connectivity index (χ4v) is 2.84. The van der Waals surface area contributed by atoms with E-state index < -0.39 is 6.10 Å². The van der Waals surface area contributed by atoms with Gasteiger partial charge in [0.1, 0.15) is 6.10 Å². The SMILES string of the molecule is Cc1ccc(C(O)c2cscc2Br)cn1. The summed E-state index contributed by atoms with van der Waals surface area (Å²) in [4.78, 5) is 4.17. The van der Waals surface area contributed by atoms with Crippen LogP contribution in [0.3, 0.4) is 0 Å². The maximum atomic E-state index is 10.1. The van der Waals surface area contributed by atoms with Gasteiger partial charge >= 0.3 is 0 Å². The van der Waals surface area contributed by atoms with Crippen molar-refractivity contribution in [1.82, 2.24) is 4.98 Å². The number of hydrogen-bond donors (Lipinski definition) is 1. The average Bonchev–Trinajstić information content (AvgIpc) is 2.65. The van der Waals surface area contributed by atoms with Gasteiger partial charge in [0.2, 0.25) is 0 Å². The van der Waals surface area contributed by atoms with Crippen LogP contribution >= 0.6 is 27.3 Å². The predicted molar refractivity (Wildman–Crippen MR) is 65.1 cm³/mol. The van der Waals surface area contributed by atoms with Crippen LogP contribution in [0.4, 0.5) is 0 Å². The molecule has 2 rings (SSSR count). The van der Waals surface area contributed by atoms with Crippen molar-refractivity contribution in [3.05, 3.63) is 50.4 Å². The van der Waals surface area contributed by atoms with Crippen molar-refractivity contribution in [3.8, 4) is 0 Å². The molecule has 0 fully saturated rings. The molecule has 78 valence electrons. The third-order valence-corrected chi connectivity index (χ3v) is 3.94. The average molecular weight is 284 g/mol. The molecule has 0 bridgehead atoms. The van der Waals surface area contributed by atoms with Crippen LogP contribution in [0.15, 0.2) is 33.6 Å². The number of aliphatic hydroxyl groups excluding tert-OH is 1. The zero-order valence-corrected chi connectivity index (χ0v) is 10.5. The number of thiophene rings is 1. The summed E-state index contributed by atoms with van der Waals surface area (Å²) in [6.45, 7) is 1.93. The van der Waals surface area contributed by atoms with Crippen molar-refractivity contribution in [3.63, 3.8) is 0 Å². The van der Waals surface area contributed by atoms with Gasteiger partial charge in [-0.15, -0.1) is 0 Å². The lowest BCUT2D eigenvalue weighted by Crippen LogP contribution is -1.99. The molecule has 0 amide bonds. The summed E-state index contributed by atoms with van der Waals surface area (Å²) in [6.07, 6.45) is 1.11. The van der Waals surface area contributed by atoms with Gasteiger partial charge in [-0.3, -0.25) is 4.98 Å². The third kappa shape index (κ3) is 2.27. The van der Waals surface area contributed by atoms with Gasteiger partial charge in [0.15, 0.2) is 0 Å². The van der Waals surface area contributed by atoms with Gasteiger partial charge in [-0.05, 0) is 34.3 Å². The first-order valence-electron chi connectivity index (χ1n) is 4.50. The van der Waals surface area contributed by atoms with Gasteiger partial charge in [0.25, 0.3) is 0 Å². The monoisotopic (exact) mass is 283 g/mol. The molecule has 4 heteroatoms. The molecule has 2 heterocycles. The summed E-state index contributed by atoms with van der Waals surface area (Å²) in [5.74, 6) is 0. The number of hydrogen-bond acceptors (Lipinski definition) is 3. The third-order valence-electron chi connectivity index (χ3n) is 2.19. The van der Waals surface area contributed by atoms with Crippen LogP contribution in [0.5, 0.6) is 0 Å². The van der Waals surface area contributed by atoms with Crippen LogP contribution < -0.4 is 0 Å². The smallest absolute Gasteiger partial charge is 0.107 e. The highest BCUT2D eigenvalue weighted by Gasteiger charge is 2.14. The van der Waals surface area contributed by atoms with E-state index in [1.54, 1.807) is 17.5 Å². The lowest BCUT2D eigenvalue weighted by molar-refractivity contribution is 0.219. The molecule has 0 radical (unpaired) electrons. The van der Waals surface area contributed by atoms with E-state index in [0.717, 1.165) is 21.3 Å². The Morgan fingerprint density at radius 2 is 2.20 bits per heavy atom. The molecular formula is C11H10BrNOS. The molecule has 2 aromatic heterocycles. The molecule has 1 unspecified atom stereocenters. The maximum Gasteiger partial charge on any atom is 0.107 e. The van der Waals surface area contributed by atoms with Gasteiger partial charge < -0.3 is 5.11 Å². The topological polar surface area (TPSA) is 33.1 Å². The van der Waals surface area contributed by atoms with Crippen LogP contribution in [0, 0.1) is 6.92 Å². The fraction of sp³-hybridized carbons (Fsp3) is 0.182. The summed E-state index contributed by atoms with van der Waals surface area (Å²) in [5.41, 5.74) is 2.67. The van der Waals surface area contributed by atoms with Crippen molar-refractivity contribution in [2.75, 3.05) is 0 Å². The predicted octanol–water partition coefficient (Wildman–Crippen LogP) is 3.30. The van der Waals surface area contributed by atoms with Gasteiger partial charge in [-0.25, -0.2) is 0 Å². The molecule has 1 atom stereocenters. The Hall–Kier alpha value is -0.710. The van der Waals surface area contributed by atoms with Crippen LogP contribution in [0.1, 0.15) is 22.9 Å². The Morgan fingerprint density at radius 1 is 1.40 bits per heavy atom. The number of pyridine rings is 1. The van der Waals surface area contributed by atoms with Crippen molar-refractivity contribution in [2.24, 2.45) is 0 Å². The minimum Gasteiger partial charge on any atom is -0.384 e. The summed E-state index contributed by atoms with van der Waals surface area (Å²) in [7, 11) is 0. The van der Waals surface area contributed by atoms with Gasteiger partial charge in [0, 0.05) is 32.9 Å². The second-order valence-corrected chi connectivity index (χ2v) is 4.91. The second-order valence-electron chi connectivity index (χ2n) is 3.31. The Morgan fingerprint density at radius 3 is 2.73 bits per heavy atom. The van der Waals surface area contributed by atoms with E-state index in [4.69, 9.17) is 0 Å². The van der Waals surface area contributed by atoms with E-state index in [1.165, 1.54) is 0 Å². The van der Waals surface area contributed by atoms with Crippen molar-refractivity contribution in [2.45, 2.75) is 13.0 Å². The highest BCUT2D eigenvalue weighted by atomic mass is 79.9. The largest absolute Gasteiger partial charge is 0.384 e. The Bertz CT molecular complexity index is 452. The minimum absolute atomic E-state index is 0.598. The molecule has 0 aliphatic heterocycles. The first-order chi connectivity index (χ1) is 7.18. The zero-order chi connectivity index (χ0) is 10.8. The quantitative estimate of drug-likeness (QED) is 0.918. The molecule has 0 saturated carbocycles. The minimum atomic E-state index is -0.598. The van der Waals surface area contributed by atoms with Crippen LogP contribution in [-0.2, 0) is 0 Å². The maximum absolute atomic E-state index is 10.1. The Labute approximate surface area is 101 Å². The fourth-order valence-electron chi connectivity index (χ4n) is 1.31. The lowest BCUT2D eigenvalue weighted by atomic mass is 10.1. The summed E-state index contributed by atoms with van der Waals surface area (Å²) < 4.78 is 0.945. The Balaban J connectivity index is 2.32. The van der Waals surface area contributed by atoms with E-state index in [-0.39, 0.29) is 0 Å². The lowest BCUT2D eigenvalue weighted by Gasteiger charge is -2.09. The zero-order valence-electron chi connectivity index (χ0n) is 8.14. The van der Waals surface area contributed by atoms with E-state index in [2.05, 4.69) is 20.9 Å². The van der Waals surface area contributed by atoms with Crippen molar-refractivity contribution >= 4 is 27.3 Å². The van der Waals surface area contributed by atoms with Crippen LogP contribution in [-0.4, -0.2) is 10.1 Å². The molecule has 0 aliphatic carbocycles. The number of aromatic nitrogens is 1. The second kappa shape index (κ2) is 4.43. The standard InChI is InChI=1S/C11H10BrNOS/c1-7-2-3-8(4-13-7)11(14)9-5-15-6-10(9)12/h2-6,11,14H,1H3. The van der Waals surface area contributed by atoms with Crippen LogP contribution in [0.2, 0.25) is 0 Å². The Kier molecular flexibility index (Phi) is 3.19. The normalized spacial score (nSPS) is 12.7. The summed E-state index contributed by atoms with van der Waals surface area (Å²) in [5, 5.41) is 14.0. The molecule has 0 aromatic carbocycles. The molecule has 0 aliphatic rings. The van der Waals surface area contributed by atoms with Crippen molar-refractivity contribution < 1.29 is 5.11 Å². The summed E-state index contributed by atoms with van der Waals surface area (Å²) in [6, 6.07) is 3.80. The van der Waals surface area contributed by atoms with Gasteiger partial charge in [0.05, 0.1) is 0 Å². The number of nitrogens with zero attached hydrogens (tertiary/aromatic N) is 1. The molecule has 0 spiro atoms. The van der Waals surface area contributed by atoms with E-state index >= 15 is 0 Å². The first kappa shape index (κ1) is 10.8. The highest BCUT2D eigenvalue weighted by molar-refractivity contribution is 9.10. The molecule has 0 saturated heterocycles. The van der Waals surface area contributed by atoms with Gasteiger partial charge in [-0.1, -0.05) is 6.07 Å². The molecule has 15 heavy (non-hydrogen) atoms. The number of halogens is 1. The molecule has 1 N–H and O–H groups in total. The van der Waals surface area contributed by atoms with Crippen LogP contribution in [0.25, 0.3) is 0 Å². The number of rotatable bonds is 2. The first-order valence-corrected chi connectivity index (χ1v) is 6.24. The number of aliphatic hydroxyl groups is 1. The molecule has 2 aromatic rings. The van der Waals surface area contributed by atoms with Gasteiger partial charge in [-0.2, -0.15) is 11.3 Å². The number of aryl methyl sites for hydroxylation is 1. The molecule has 2 nitrogen and oxygen atoms in total. The highest BCUT2D eigenvalue weighted by Crippen LogP contribution is 2.31. The summed E-state index contributed by atoms with van der Waals surface area (Å²) >= 11 is 4.97. The molecular weight excluding hydrogens is 274 g/mol.